The predicted molar refractivity (Wildman–Crippen MR) is 111 cm³/mol. The average molecular weight is 387 g/mol. The summed E-state index contributed by atoms with van der Waals surface area (Å²) in [5, 5.41) is 4.87. The van der Waals surface area contributed by atoms with Gasteiger partial charge in [-0.15, -0.1) is 0 Å². The van der Waals surface area contributed by atoms with Crippen molar-refractivity contribution in [1.29, 1.82) is 0 Å². The normalized spacial score (nSPS) is 10.8. The smallest absolute Gasteiger partial charge is 0.255 e. The first-order chi connectivity index (χ1) is 14.3. The van der Waals surface area contributed by atoms with Crippen LogP contribution in [0.4, 0.5) is 0 Å². The van der Waals surface area contributed by atoms with Gasteiger partial charge in [0, 0.05) is 37.9 Å². The molecule has 0 aliphatic rings. The Morgan fingerprint density at radius 3 is 2.69 bits per heavy atom. The number of rotatable bonds is 7. The number of benzene rings is 2. The molecule has 0 aliphatic carbocycles. The van der Waals surface area contributed by atoms with Crippen LogP contribution in [-0.2, 0) is 6.54 Å². The Labute approximate surface area is 168 Å². The summed E-state index contributed by atoms with van der Waals surface area (Å²) in [5.74, 6) is 1.64. The van der Waals surface area contributed by atoms with Gasteiger partial charge in [0.2, 0.25) is 0 Å². The summed E-state index contributed by atoms with van der Waals surface area (Å²) in [4.78, 5) is 25.8. The lowest BCUT2D eigenvalue weighted by Gasteiger charge is -2.14. The van der Waals surface area contributed by atoms with Crippen LogP contribution in [0.5, 0.6) is 5.75 Å². The molecule has 2 heterocycles. The Kier molecular flexibility index (Phi) is 5.47. The van der Waals surface area contributed by atoms with E-state index in [4.69, 9.17) is 4.74 Å². The molecule has 0 saturated heterocycles. The molecule has 146 valence electrons. The Morgan fingerprint density at radius 2 is 1.86 bits per heavy atom. The van der Waals surface area contributed by atoms with Crippen LogP contribution in [0.1, 0.15) is 17.3 Å². The highest BCUT2D eigenvalue weighted by Gasteiger charge is 2.16. The minimum atomic E-state index is -0.164. The molecule has 2 aromatic heterocycles. The van der Waals surface area contributed by atoms with Crippen molar-refractivity contribution in [2.45, 2.75) is 13.5 Å². The fourth-order valence-electron chi connectivity index (χ4n) is 3.25. The second-order valence-corrected chi connectivity index (χ2v) is 6.37. The highest BCUT2D eigenvalue weighted by Crippen LogP contribution is 2.28. The van der Waals surface area contributed by atoms with E-state index in [1.54, 1.807) is 24.7 Å². The first-order valence-corrected chi connectivity index (χ1v) is 9.49. The van der Waals surface area contributed by atoms with Crippen molar-refractivity contribution >= 4 is 16.7 Å². The number of carbonyl (C=O) groups is 1. The number of nitrogens with zero attached hydrogens (tertiary/aromatic N) is 4. The maximum atomic E-state index is 13.0. The molecule has 4 aromatic rings. The number of aromatic nitrogens is 4. The lowest BCUT2D eigenvalue weighted by Crippen LogP contribution is -2.28. The highest BCUT2D eigenvalue weighted by molar-refractivity contribution is 6.09. The largest absolute Gasteiger partial charge is 0.493 e. The number of hydrogen-bond donors (Lipinski definition) is 1. The second kappa shape index (κ2) is 8.52. The number of ether oxygens (including phenoxy) is 1. The Balaban J connectivity index is 1.52. The Bertz CT molecular complexity index is 1120. The third kappa shape index (κ3) is 3.94. The summed E-state index contributed by atoms with van der Waals surface area (Å²) in [7, 11) is 0. The van der Waals surface area contributed by atoms with E-state index < -0.39 is 0 Å². The molecule has 0 radical (unpaired) electrons. The number of amides is 1. The maximum Gasteiger partial charge on any atom is 0.255 e. The van der Waals surface area contributed by atoms with Crippen LogP contribution < -0.4 is 10.1 Å². The number of nitrogens with one attached hydrogen (secondary N) is 1. The van der Waals surface area contributed by atoms with Crippen molar-refractivity contribution in [2.24, 2.45) is 0 Å². The van der Waals surface area contributed by atoms with Crippen molar-refractivity contribution in [2.75, 3.05) is 13.2 Å². The molecular formula is C22H21N5O2. The van der Waals surface area contributed by atoms with Gasteiger partial charge >= 0.3 is 0 Å². The lowest BCUT2D eigenvalue weighted by molar-refractivity contribution is 0.0950. The van der Waals surface area contributed by atoms with Crippen LogP contribution in [0.25, 0.3) is 22.4 Å². The van der Waals surface area contributed by atoms with Gasteiger partial charge in [0.05, 0.1) is 12.2 Å². The van der Waals surface area contributed by atoms with Gasteiger partial charge in [0.25, 0.3) is 5.91 Å². The standard InChI is InChI=1S/C22H21N5O2/c1-2-29-18-9-8-16-6-3-4-7-17(16)19(18)22(28)26-13-15-27-14-12-25-21(27)20-23-10-5-11-24-20/h3-12,14H,2,13,15H2,1H3,(H,26,28). The first-order valence-electron chi connectivity index (χ1n) is 9.49. The number of fused-ring (bicyclic) bond motifs is 1. The molecular weight excluding hydrogens is 366 g/mol. The summed E-state index contributed by atoms with van der Waals surface area (Å²) in [6, 6.07) is 13.4. The predicted octanol–water partition coefficient (Wildman–Crippen LogP) is 3.32. The fourth-order valence-corrected chi connectivity index (χ4v) is 3.25. The molecule has 4 rings (SSSR count). The number of hydrogen-bond acceptors (Lipinski definition) is 5. The van der Waals surface area contributed by atoms with E-state index in [1.165, 1.54) is 0 Å². The molecule has 7 nitrogen and oxygen atoms in total. The summed E-state index contributed by atoms with van der Waals surface area (Å²) in [6.07, 6.45) is 6.91. The zero-order valence-corrected chi connectivity index (χ0v) is 16.1. The van der Waals surface area contributed by atoms with Gasteiger partial charge in [-0.2, -0.15) is 0 Å². The Hall–Kier alpha value is -3.74. The van der Waals surface area contributed by atoms with Crippen LogP contribution >= 0.6 is 0 Å². The molecule has 2 aromatic carbocycles. The van der Waals surface area contributed by atoms with E-state index in [0.717, 1.165) is 10.8 Å². The van der Waals surface area contributed by atoms with Crippen LogP contribution in [-0.4, -0.2) is 38.6 Å². The van der Waals surface area contributed by atoms with Crippen LogP contribution in [0.2, 0.25) is 0 Å². The van der Waals surface area contributed by atoms with Gasteiger partial charge in [-0.3, -0.25) is 4.79 Å². The monoisotopic (exact) mass is 387 g/mol. The Morgan fingerprint density at radius 1 is 1.03 bits per heavy atom. The molecule has 0 aliphatic heterocycles. The van der Waals surface area contributed by atoms with Crippen molar-refractivity contribution in [3.8, 4) is 17.4 Å². The molecule has 29 heavy (non-hydrogen) atoms. The molecule has 1 N–H and O–H groups in total. The molecule has 0 fully saturated rings. The first kappa shape index (κ1) is 18.6. The van der Waals surface area contributed by atoms with Crippen molar-refractivity contribution in [1.82, 2.24) is 24.8 Å². The summed E-state index contributed by atoms with van der Waals surface area (Å²) in [5.41, 5.74) is 0.558. The van der Waals surface area contributed by atoms with E-state index >= 15 is 0 Å². The van der Waals surface area contributed by atoms with Gasteiger partial charge in [0.1, 0.15) is 5.75 Å². The zero-order valence-electron chi connectivity index (χ0n) is 16.1. The summed E-state index contributed by atoms with van der Waals surface area (Å²) in [6.45, 7) is 3.38. The van der Waals surface area contributed by atoms with E-state index in [1.807, 2.05) is 54.1 Å². The minimum absolute atomic E-state index is 0.164. The average Bonchev–Trinajstić information content (AvgIpc) is 3.23. The number of carbonyl (C=O) groups excluding carboxylic acids is 1. The SMILES string of the molecule is CCOc1ccc2ccccc2c1C(=O)NCCn1ccnc1-c1ncccn1. The zero-order chi connectivity index (χ0) is 20.1. The van der Waals surface area contributed by atoms with Crippen molar-refractivity contribution in [3.05, 3.63) is 72.8 Å². The van der Waals surface area contributed by atoms with Gasteiger partial charge in [-0.05, 0) is 29.8 Å². The molecule has 0 saturated carbocycles. The molecule has 1 amide bonds. The van der Waals surface area contributed by atoms with Crippen molar-refractivity contribution < 1.29 is 9.53 Å². The van der Waals surface area contributed by atoms with E-state index in [2.05, 4.69) is 20.3 Å². The van der Waals surface area contributed by atoms with E-state index in [9.17, 15) is 4.79 Å². The third-order valence-corrected chi connectivity index (χ3v) is 4.54. The minimum Gasteiger partial charge on any atom is -0.493 e. The van der Waals surface area contributed by atoms with Crippen molar-refractivity contribution in [3.63, 3.8) is 0 Å². The molecule has 0 spiro atoms. The number of imidazole rings is 1. The highest BCUT2D eigenvalue weighted by atomic mass is 16.5. The second-order valence-electron chi connectivity index (χ2n) is 6.37. The van der Waals surface area contributed by atoms with Gasteiger partial charge in [-0.1, -0.05) is 30.3 Å². The lowest BCUT2D eigenvalue weighted by atomic mass is 10.0. The summed E-state index contributed by atoms with van der Waals surface area (Å²) < 4.78 is 7.62. The molecule has 7 heteroatoms. The third-order valence-electron chi connectivity index (χ3n) is 4.54. The van der Waals surface area contributed by atoms with Crippen LogP contribution in [0, 0.1) is 0 Å². The molecule has 0 bridgehead atoms. The van der Waals surface area contributed by atoms with Gasteiger partial charge in [-0.25, -0.2) is 15.0 Å². The van der Waals surface area contributed by atoms with Crippen LogP contribution in [0.3, 0.4) is 0 Å². The van der Waals surface area contributed by atoms with Crippen LogP contribution in [0.15, 0.2) is 67.3 Å². The molecule has 0 unspecified atom stereocenters. The topological polar surface area (TPSA) is 81.9 Å². The summed E-state index contributed by atoms with van der Waals surface area (Å²) >= 11 is 0. The van der Waals surface area contributed by atoms with E-state index in [0.29, 0.717) is 42.7 Å². The van der Waals surface area contributed by atoms with Gasteiger partial charge in [0.15, 0.2) is 11.6 Å². The van der Waals surface area contributed by atoms with E-state index in [-0.39, 0.29) is 5.91 Å². The fraction of sp³-hybridized carbons (Fsp3) is 0.182. The molecule has 0 atom stereocenters. The maximum absolute atomic E-state index is 13.0. The quantitative estimate of drug-likeness (QED) is 0.526. The van der Waals surface area contributed by atoms with Gasteiger partial charge < -0.3 is 14.6 Å².